The van der Waals surface area contributed by atoms with E-state index in [1.165, 1.54) is 19.3 Å². The molecule has 0 aromatic heterocycles. The first-order valence-electron chi connectivity index (χ1n) is 13.3. The average molecular weight is 473 g/mol. The molecule has 3 aliphatic carbocycles. The number of ether oxygens (including phenoxy) is 2. The van der Waals surface area contributed by atoms with E-state index in [0.29, 0.717) is 36.6 Å². The van der Waals surface area contributed by atoms with Gasteiger partial charge in [0.05, 0.1) is 0 Å². The molecule has 3 saturated carbocycles. The highest BCUT2D eigenvalue weighted by molar-refractivity contribution is 5.70. The maximum Gasteiger partial charge on any atom is 0.412 e. The van der Waals surface area contributed by atoms with Gasteiger partial charge in [0.25, 0.3) is 0 Å². The molecule has 7 nitrogen and oxygen atoms in total. The molecule has 0 radical (unpaired) electrons. The molecule has 1 saturated heterocycles. The van der Waals surface area contributed by atoms with Gasteiger partial charge in [0.15, 0.2) is 0 Å². The van der Waals surface area contributed by atoms with Gasteiger partial charge in [0.2, 0.25) is 11.6 Å². The van der Waals surface area contributed by atoms with Crippen molar-refractivity contribution in [2.45, 2.75) is 89.1 Å². The molecule has 2 bridgehead atoms. The molecule has 5 rings (SSSR count). The van der Waals surface area contributed by atoms with Crippen LogP contribution in [0, 0.1) is 23.7 Å². The Hall–Kier alpha value is -1.67. The predicted octanol–water partition coefficient (Wildman–Crippen LogP) is 5.24. The van der Waals surface area contributed by atoms with E-state index >= 15 is 0 Å². The SMILES string of the molecule is CCC1CC2CC(C)CC(C2)C12OO[C@@]1(CCCC(c3cccc(OC(=O)NCCN)c3)C1)O2. The number of carbonyl (C=O) groups is 1. The van der Waals surface area contributed by atoms with E-state index in [0.717, 1.165) is 50.0 Å². The van der Waals surface area contributed by atoms with Gasteiger partial charge in [-0.2, -0.15) is 9.78 Å². The van der Waals surface area contributed by atoms with Crippen LogP contribution in [0.4, 0.5) is 4.79 Å². The van der Waals surface area contributed by atoms with Crippen molar-refractivity contribution >= 4 is 6.09 Å². The van der Waals surface area contributed by atoms with Crippen LogP contribution in [-0.4, -0.2) is 30.8 Å². The molecule has 6 unspecified atom stereocenters. The molecule has 1 aromatic carbocycles. The van der Waals surface area contributed by atoms with Gasteiger partial charge in [-0.3, -0.25) is 0 Å². The topological polar surface area (TPSA) is 92.0 Å². The summed E-state index contributed by atoms with van der Waals surface area (Å²) < 4.78 is 12.4. The molecule has 7 atom stereocenters. The number of hydrogen-bond donors (Lipinski definition) is 2. The van der Waals surface area contributed by atoms with Crippen molar-refractivity contribution in [2.75, 3.05) is 13.1 Å². The van der Waals surface area contributed by atoms with E-state index in [9.17, 15) is 4.79 Å². The molecule has 34 heavy (non-hydrogen) atoms. The minimum Gasteiger partial charge on any atom is -0.410 e. The third-order valence-electron chi connectivity index (χ3n) is 8.58. The summed E-state index contributed by atoms with van der Waals surface area (Å²) in [7, 11) is 0. The number of nitrogens with one attached hydrogen (secondary N) is 1. The van der Waals surface area contributed by atoms with E-state index in [-0.39, 0.29) is 5.92 Å². The molecule has 188 valence electrons. The fraction of sp³-hybridized carbons (Fsp3) is 0.741. The van der Waals surface area contributed by atoms with Crippen molar-refractivity contribution in [3.05, 3.63) is 29.8 Å². The van der Waals surface area contributed by atoms with Crippen molar-refractivity contribution in [1.82, 2.24) is 5.32 Å². The number of amides is 1. The van der Waals surface area contributed by atoms with Crippen LogP contribution >= 0.6 is 0 Å². The monoisotopic (exact) mass is 472 g/mol. The molecule has 2 spiro atoms. The second-order valence-corrected chi connectivity index (χ2v) is 11.1. The summed E-state index contributed by atoms with van der Waals surface area (Å²) in [6, 6.07) is 7.80. The number of benzene rings is 1. The Labute approximate surface area is 203 Å². The van der Waals surface area contributed by atoms with Crippen molar-refractivity contribution in [2.24, 2.45) is 29.4 Å². The van der Waals surface area contributed by atoms with Gasteiger partial charge in [0, 0.05) is 37.8 Å². The zero-order valence-corrected chi connectivity index (χ0v) is 20.6. The fourth-order valence-electron chi connectivity index (χ4n) is 7.19. The van der Waals surface area contributed by atoms with Crippen LogP contribution in [0.5, 0.6) is 5.75 Å². The minimum absolute atomic E-state index is 0.254. The molecule has 1 heterocycles. The van der Waals surface area contributed by atoms with Gasteiger partial charge in [0.1, 0.15) is 5.75 Å². The van der Waals surface area contributed by atoms with Crippen LogP contribution in [0.1, 0.15) is 83.1 Å². The molecule has 4 aliphatic rings. The van der Waals surface area contributed by atoms with Gasteiger partial charge in [-0.25, -0.2) is 4.79 Å². The van der Waals surface area contributed by atoms with E-state index in [1.54, 1.807) is 6.07 Å². The minimum atomic E-state index is -0.695. The third-order valence-corrected chi connectivity index (χ3v) is 8.58. The van der Waals surface area contributed by atoms with Crippen molar-refractivity contribution < 1.29 is 24.0 Å². The van der Waals surface area contributed by atoms with Crippen LogP contribution < -0.4 is 15.8 Å². The number of fused-ring (bicyclic) bond motifs is 3. The van der Waals surface area contributed by atoms with Crippen LogP contribution in [0.25, 0.3) is 0 Å². The largest absolute Gasteiger partial charge is 0.412 e. The second-order valence-electron chi connectivity index (χ2n) is 11.1. The van der Waals surface area contributed by atoms with Crippen LogP contribution in [0.2, 0.25) is 0 Å². The maximum absolute atomic E-state index is 12.0. The van der Waals surface area contributed by atoms with Gasteiger partial charge in [-0.15, -0.1) is 0 Å². The highest BCUT2D eigenvalue weighted by Crippen LogP contribution is 2.59. The Morgan fingerprint density at radius 2 is 2.12 bits per heavy atom. The normalized spacial score (nSPS) is 39.3. The Bertz CT molecular complexity index is 878. The van der Waals surface area contributed by atoms with E-state index in [2.05, 4.69) is 25.2 Å². The zero-order valence-electron chi connectivity index (χ0n) is 20.6. The van der Waals surface area contributed by atoms with Gasteiger partial charge in [-0.05, 0) is 80.4 Å². The first-order valence-corrected chi connectivity index (χ1v) is 13.3. The molecule has 1 amide bonds. The summed E-state index contributed by atoms with van der Waals surface area (Å²) in [5.74, 6) is 1.78. The first kappa shape index (κ1) is 24.0. The Morgan fingerprint density at radius 1 is 1.24 bits per heavy atom. The Kier molecular flexibility index (Phi) is 6.90. The Morgan fingerprint density at radius 3 is 2.94 bits per heavy atom. The number of carbonyl (C=O) groups excluding carboxylic acids is 1. The average Bonchev–Trinajstić information content (AvgIpc) is 3.19. The fourth-order valence-corrected chi connectivity index (χ4v) is 7.19. The molecule has 7 heteroatoms. The molecule has 4 fully saturated rings. The number of nitrogens with two attached hydrogens (primary N) is 1. The van der Waals surface area contributed by atoms with Crippen LogP contribution in [0.3, 0.4) is 0 Å². The van der Waals surface area contributed by atoms with Gasteiger partial charge in [-0.1, -0.05) is 26.0 Å². The van der Waals surface area contributed by atoms with E-state index in [4.69, 9.17) is 25.0 Å². The standard InChI is InChI=1S/C27H40N2O5/c1-3-22-14-19-12-18(2)13-23(15-19)27(22)32-26(33-34-27)9-5-7-21(17-26)20-6-4-8-24(16-20)31-25(30)29-11-10-28/h4,6,8,16,18-19,21-23H,3,5,7,9-15,17,28H2,1-2H3,(H,29,30)/t18?,19?,21?,22?,23?,26-,27?/m1/s1. The molecular formula is C27H40N2O5. The highest BCUT2D eigenvalue weighted by Gasteiger charge is 2.63. The summed E-state index contributed by atoms with van der Waals surface area (Å²) in [6.07, 6.45) is 9.07. The maximum atomic E-state index is 12.0. The predicted molar refractivity (Wildman–Crippen MR) is 128 cm³/mol. The molecule has 3 N–H and O–H groups in total. The smallest absolute Gasteiger partial charge is 0.410 e. The van der Waals surface area contributed by atoms with Crippen molar-refractivity contribution in [3.8, 4) is 5.75 Å². The Balaban J connectivity index is 1.31. The van der Waals surface area contributed by atoms with Gasteiger partial charge < -0.3 is 20.5 Å². The summed E-state index contributed by atoms with van der Waals surface area (Å²) in [4.78, 5) is 24.5. The van der Waals surface area contributed by atoms with Crippen LogP contribution in [-0.2, 0) is 14.5 Å². The number of rotatable bonds is 5. The third kappa shape index (κ3) is 4.60. The zero-order chi connectivity index (χ0) is 23.8. The number of hydrogen-bond acceptors (Lipinski definition) is 6. The molecular weight excluding hydrogens is 432 g/mol. The quantitative estimate of drug-likeness (QED) is 0.569. The molecule has 1 aliphatic heterocycles. The van der Waals surface area contributed by atoms with E-state index < -0.39 is 17.7 Å². The lowest BCUT2D eigenvalue weighted by atomic mass is 9.61. The summed E-state index contributed by atoms with van der Waals surface area (Å²) in [5.41, 5.74) is 6.59. The lowest BCUT2D eigenvalue weighted by Gasteiger charge is -2.51. The summed E-state index contributed by atoms with van der Waals surface area (Å²) >= 11 is 0. The highest BCUT2D eigenvalue weighted by atomic mass is 17.3. The molecule has 1 aromatic rings. The van der Waals surface area contributed by atoms with E-state index in [1.807, 2.05) is 12.1 Å². The summed E-state index contributed by atoms with van der Waals surface area (Å²) in [5, 5.41) is 2.64. The first-order chi connectivity index (χ1) is 16.4. The summed E-state index contributed by atoms with van der Waals surface area (Å²) in [6.45, 7) is 5.39. The van der Waals surface area contributed by atoms with Gasteiger partial charge >= 0.3 is 6.09 Å². The lowest BCUT2D eigenvalue weighted by molar-refractivity contribution is -0.382. The van der Waals surface area contributed by atoms with Crippen molar-refractivity contribution in [1.29, 1.82) is 0 Å². The lowest BCUT2D eigenvalue weighted by Crippen LogP contribution is -2.55. The second kappa shape index (κ2) is 9.76. The van der Waals surface area contributed by atoms with Crippen molar-refractivity contribution in [3.63, 3.8) is 0 Å². The van der Waals surface area contributed by atoms with Crippen LogP contribution in [0.15, 0.2) is 24.3 Å².